The monoisotopic (exact) mass is 260 g/mol. The number of hydrogen-bond donors (Lipinski definition) is 4. The zero-order chi connectivity index (χ0) is 13.8. The zero-order valence-corrected chi connectivity index (χ0v) is 9.88. The number of aliphatic hydroxyl groups is 1. The Morgan fingerprint density at radius 1 is 1.21 bits per heavy atom. The quantitative estimate of drug-likeness (QED) is 0.656. The average Bonchev–Trinajstić information content (AvgIpc) is 2.38. The molecule has 0 aliphatic carbocycles. The van der Waals surface area contributed by atoms with Gasteiger partial charge in [0.15, 0.2) is 5.88 Å². The second-order valence-electron chi connectivity index (χ2n) is 3.93. The first kappa shape index (κ1) is 12.8. The highest BCUT2D eigenvalue weighted by Gasteiger charge is 2.08. The number of aliphatic hydroxyl groups excluding tert-OH is 1. The third kappa shape index (κ3) is 3.20. The average molecular weight is 260 g/mol. The van der Waals surface area contributed by atoms with Gasteiger partial charge < -0.3 is 15.5 Å². The van der Waals surface area contributed by atoms with Gasteiger partial charge in [-0.3, -0.25) is 14.6 Å². The SMILES string of the molecule is O=C(Nc1ccc(CO)cc1)c1cc(O)[nH]c(=O)c1. The van der Waals surface area contributed by atoms with Crippen molar-refractivity contribution in [3.63, 3.8) is 0 Å². The summed E-state index contributed by atoms with van der Waals surface area (Å²) in [5.74, 6) is -0.869. The van der Waals surface area contributed by atoms with Crippen LogP contribution < -0.4 is 10.9 Å². The lowest BCUT2D eigenvalue weighted by Crippen LogP contribution is -2.15. The number of pyridine rings is 1. The van der Waals surface area contributed by atoms with Crippen LogP contribution in [-0.2, 0) is 6.61 Å². The highest BCUT2D eigenvalue weighted by molar-refractivity contribution is 6.04. The minimum atomic E-state index is -0.555. The van der Waals surface area contributed by atoms with Crippen molar-refractivity contribution < 1.29 is 15.0 Å². The van der Waals surface area contributed by atoms with E-state index < -0.39 is 11.5 Å². The number of benzene rings is 1. The number of H-pyrrole nitrogens is 1. The van der Waals surface area contributed by atoms with Crippen molar-refractivity contribution in [3.05, 3.63) is 57.9 Å². The van der Waals surface area contributed by atoms with Gasteiger partial charge in [-0.2, -0.15) is 0 Å². The van der Waals surface area contributed by atoms with E-state index in [1.165, 1.54) is 6.07 Å². The van der Waals surface area contributed by atoms with Crippen molar-refractivity contribution in [2.24, 2.45) is 0 Å². The summed E-state index contributed by atoms with van der Waals surface area (Å²) in [6.45, 7) is -0.0733. The van der Waals surface area contributed by atoms with Gasteiger partial charge in [0.25, 0.3) is 11.5 Å². The first-order valence-corrected chi connectivity index (χ1v) is 5.53. The molecule has 0 spiro atoms. The Bertz CT molecular complexity index is 646. The highest BCUT2D eigenvalue weighted by Crippen LogP contribution is 2.12. The van der Waals surface area contributed by atoms with Gasteiger partial charge in [0.1, 0.15) is 0 Å². The molecule has 0 radical (unpaired) electrons. The number of carbonyl (C=O) groups excluding carboxylic acids is 1. The second-order valence-corrected chi connectivity index (χ2v) is 3.93. The maximum absolute atomic E-state index is 11.8. The third-order valence-electron chi connectivity index (χ3n) is 2.49. The van der Waals surface area contributed by atoms with Crippen molar-refractivity contribution in [1.29, 1.82) is 0 Å². The fraction of sp³-hybridized carbons (Fsp3) is 0.0769. The Kier molecular flexibility index (Phi) is 3.63. The van der Waals surface area contributed by atoms with Gasteiger partial charge >= 0.3 is 0 Å². The molecule has 98 valence electrons. The summed E-state index contributed by atoms with van der Waals surface area (Å²) in [7, 11) is 0. The van der Waals surface area contributed by atoms with E-state index in [-0.39, 0.29) is 18.1 Å². The molecular weight excluding hydrogens is 248 g/mol. The van der Waals surface area contributed by atoms with E-state index in [1.807, 2.05) is 0 Å². The molecule has 1 aromatic carbocycles. The van der Waals surface area contributed by atoms with E-state index in [0.29, 0.717) is 5.69 Å². The number of amides is 1. The molecule has 0 atom stereocenters. The standard InChI is InChI=1S/C13H12N2O4/c16-7-8-1-3-10(4-2-8)14-13(19)9-5-11(17)15-12(18)6-9/h1-6,16H,7H2,(H,14,19)(H2,15,17,18). The molecule has 0 aliphatic heterocycles. The number of hydrogen-bond acceptors (Lipinski definition) is 4. The maximum Gasteiger partial charge on any atom is 0.256 e. The molecule has 0 unspecified atom stereocenters. The fourth-order valence-electron chi connectivity index (χ4n) is 1.56. The second kappa shape index (κ2) is 5.36. The molecule has 4 N–H and O–H groups in total. The van der Waals surface area contributed by atoms with Crippen LogP contribution in [0.1, 0.15) is 15.9 Å². The number of aromatic amines is 1. The summed E-state index contributed by atoms with van der Waals surface area (Å²) < 4.78 is 0. The predicted molar refractivity (Wildman–Crippen MR) is 69.0 cm³/mol. The first-order valence-electron chi connectivity index (χ1n) is 5.53. The van der Waals surface area contributed by atoms with Crippen LogP contribution in [0.5, 0.6) is 5.88 Å². The van der Waals surface area contributed by atoms with Crippen molar-refractivity contribution in [3.8, 4) is 5.88 Å². The van der Waals surface area contributed by atoms with E-state index in [1.54, 1.807) is 24.3 Å². The van der Waals surface area contributed by atoms with Crippen LogP contribution in [0.4, 0.5) is 5.69 Å². The van der Waals surface area contributed by atoms with Gasteiger partial charge in [-0.15, -0.1) is 0 Å². The van der Waals surface area contributed by atoms with Crippen molar-refractivity contribution in [1.82, 2.24) is 4.98 Å². The van der Waals surface area contributed by atoms with Gasteiger partial charge in [0.2, 0.25) is 0 Å². The number of carbonyl (C=O) groups is 1. The molecule has 1 heterocycles. The van der Waals surface area contributed by atoms with Crippen molar-refractivity contribution in [2.45, 2.75) is 6.61 Å². The van der Waals surface area contributed by atoms with E-state index >= 15 is 0 Å². The lowest BCUT2D eigenvalue weighted by atomic mass is 10.2. The number of aromatic hydroxyl groups is 1. The molecule has 0 fully saturated rings. The Labute approximate surface area is 108 Å². The smallest absolute Gasteiger partial charge is 0.256 e. The Morgan fingerprint density at radius 2 is 1.89 bits per heavy atom. The molecular formula is C13H12N2O4. The minimum Gasteiger partial charge on any atom is -0.494 e. The van der Waals surface area contributed by atoms with E-state index in [4.69, 9.17) is 5.11 Å². The summed E-state index contributed by atoms with van der Waals surface area (Å²) in [5, 5.41) is 20.7. The number of anilines is 1. The first-order chi connectivity index (χ1) is 9.08. The van der Waals surface area contributed by atoms with Crippen LogP contribution in [0.25, 0.3) is 0 Å². The number of aromatic nitrogens is 1. The zero-order valence-electron chi connectivity index (χ0n) is 9.88. The normalized spacial score (nSPS) is 10.2. The summed E-state index contributed by atoms with van der Waals surface area (Å²) in [6, 6.07) is 8.87. The molecule has 19 heavy (non-hydrogen) atoms. The summed E-state index contributed by atoms with van der Waals surface area (Å²) in [6.07, 6.45) is 0. The molecule has 6 nitrogen and oxygen atoms in total. The predicted octanol–water partition coefficient (Wildman–Crippen LogP) is 0.825. The summed E-state index contributed by atoms with van der Waals surface area (Å²) >= 11 is 0. The molecule has 1 aromatic heterocycles. The fourth-order valence-corrected chi connectivity index (χ4v) is 1.56. The van der Waals surface area contributed by atoms with Gasteiger partial charge in [0, 0.05) is 17.8 Å². The van der Waals surface area contributed by atoms with Gasteiger partial charge in [-0.25, -0.2) is 0 Å². The summed E-state index contributed by atoms with van der Waals surface area (Å²) in [5.41, 5.74) is 0.766. The van der Waals surface area contributed by atoms with Crippen LogP contribution >= 0.6 is 0 Å². The lowest BCUT2D eigenvalue weighted by molar-refractivity contribution is 0.102. The lowest BCUT2D eigenvalue weighted by Gasteiger charge is -2.06. The Balaban J connectivity index is 2.17. The molecule has 2 aromatic rings. The van der Waals surface area contributed by atoms with Gasteiger partial charge in [-0.1, -0.05) is 12.1 Å². The van der Waals surface area contributed by atoms with Crippen LogP contribution in [0.2, 0.25) is 0 Å². The molecule has 0 aliphatic rings. The number of nitrogens with one attached hydrogen (secondary N) is 2. The van der Waals surface area contributed by atoms with E-state index in [9.17, 15) is 14.7 Å². The molecule has 0 saturated heterocycles. The molecule has 2 rings (SSSR count). The van der Waals surface area contributed by atoms with Crippen molar-refractivity contribution >= 4 is 11.6 Å². The highest BCUT2D eigenvalue weighted by atomic mass is 16.3. The van der Waals surface area contributed by atoms with E-state index in [0.717, 1.165) is 11.6 Å². The van der Waals surface area contributed by atoms with Gasteiger partial charge in [0.05, 0.1) is 12.2 Å². The van der Waals surface area contributed by atoms with E-state index in [2.05, 4.69) is 10.3 Å². The molecule has 6 heteroatoms. The molecule has 0 saturated carbocycles. The molecule has 1 amide bonds. The van der Waals surface area contributed by atoms with Crippen LogP contribution in [0, 0.1) is 0 Å². The minimum absolute atomic E-state index is 0.0625. The Morgan fingerprint density at radius 3 is 2.47 bits per heavy atom. The third-order valence-corrected chi connectivity index (χ3v) is 2.49. The summed E-state index contributed by atoms with van der Waals surface area (Å²) in [4.78, 5) is 25.1. The topological polar surface area (TPSA) is 102 Å². The van der Waals surface area contributed by atoms with Gasteiger partial charge in [-0.05, 0) is 17.7 Å². The molecule has 0 bridgehead atoms. The maximum atomic E-state index is 11.8. The Hall–Kier alpha value is -2.60. The van der Waals surface area contributed by atoms with Crippen molar-refractivity contribution in [2.75, 3.05) is 5.32 Å². The van der Waals surface area contributed by atoms with Crippen LogP contribution in [-0.4, -0.2) is 21.1 Å². The van der Waals surface area contributed by atoms with Crippen LogP contribution in [0.15, 0.2) is 41.2 Å². The largest absolute Gasteiger partial charge is 0.494 e. The van der Waals surface area contributed by atoms with Crippen LogP contribution in [0.3, 0.4) is 0 Å². The number of rotatable bonds is 3.